The molecular formula is C22H23N3O2. The highest BCUT2D eigenvalue weighted by atomic mass is 16.5. The summed E-state index contributed by atoms with van der Waals surface area (Å²) in [6.07, 6.45) is 1.68. The molecule has 1 heterocycles. The van der Waals surface area contributed by atoms with Gasteiger partial charge in [-0.25, -0.2) is 5.43 Å². The Morgan fingerprint density at radius 2 is 1.78 bits per heavy atom. The Labute approximate surface area is 159 Å². The summed E-state index contributed by atoms with van der Waals surface area (Å²) >= 11 is 0. The number of amides is 1. The molecule has 0 atom stereocenters. The number of ether oxygens (including phenoxy) is 1. The first-order valence-electron chi connectivity index (χ1n) is 8.73. The molecule has 27 heavy (non-hydrogen) atoms. The van der Waals surface area contributed by atoms with Gasteiger partial charge < -0.3 is 9.30 Å². The largest absolute Gasteiger partial charge is 0.497 e. The smallest absolute Gasteiger partial charge is 0.271 e. The van der Waals surface area contributed by atoms with E-state index in [0.717, 1.165) is 34.0 Å². The van der Waals surface area contributed by atoms with Gasteiger partial charge in [-0.1, -0.05) is 18.2 Å². The second-order valence-electron chi connectivity index (χ2n) is 6.37. The molecule has 1 N–H and O–H groups in total. The van der Waals surface area contributed by atoms with E-state index >= 15 is 0 Å². The molecule has 3 aromatic rings. The Hall–Kier alpha value is -3.34. The number of hydrazone groups is 1. The van der Waals surface area contributed by atoms with Gasteiger partial charge in [0.1, 0.15) is 5.75 Å². The van der Waals surface area contributed by atoms with Gasteiger partial charge in [-0.05, 0) is 62.7 Å². The Morgan fingerprint density at radius 1 is 1.07 bits per heavy atom. The lowest BCUT2D eigenvalue weighted by molar-refractivity contribution is 0.0954. The van der Waals surface area contributed by atoms with Crippen molar-refractivity contribution in [2.75, 3.05) is 7.11 Å². The van der Waals surface area contributed by atoms with Gasteiger partial charge in [0.15, 0.2) is 0 Å². The Bertz CT molecular complexity index is 985. The molecule has 1 aromatic heterocycles. The van der Waals surface area contributed by atoms with E-state index < -0.39 is 0 Å². The minimum Gasteiger partial charge on any atom is -0.497 e. The van der Waals surface area contributed by atoms with Gasteiger partial charge in [-0.15, -0.1) is 0 Å². The van der Waals surface area contributed by atoms with Gasteiger partial charge in [-0.2, -0.15) is 5.10 Å². The average Bonchev–Trinajstić information content (AvgIpc) is 2.95. The van der Waals surface area contributed by atoms with E-state index in [0.29, 0.717) is 5.56 Å². The van der Waals surface area contributed by atoms with Gasteiger partial charge in [0, 0.05) is 28.2 Å². The highest BCUT2D eigenvalue weighted by Crippen LogP contribution is 2.22. The molecule has 0 saturated carbocycles. The average molecular weight is 361 g/mol. The summed E-state index contributed by atoms with van der Waals surface area (Å²) in [5.41, 5.74) is 8.28. The van der Waals surface area contributed by atoms with Gasteiger partial charge in [0.25, 0.3) is 5.91 Å². The molecule has 0 aliphatic carbocycles. The molecule has 138 valence electrons. The second-order valence-corrected chi connectivity index (χ2v) is 6.37. The van der Waals surface area contributed by atoms with E-state index in [2.05, 4.69) is 15.1 Å². The molecular weight excluding hydrogens is 338 g/mol. The van der Waals surface area contributed by atoms with Crippen LogP contribution < -0.4 is 10.2 Å². The van der Waals surface area contributed by atoms with Crippen molar-refractivity contribution in [2.24, 2.45) is 5.10 Å². The highest BCUT2D eigenvalue weighted by molar-refractivity contribution is 5.96. The van der Waals surface area contributed by atoms with Crippen LogP contribution in [0.25, 0.3) is 5.69 Å². The fourth-order valence-corrected chi connectivity index (χ4v) is 3.10. The van der Waals surface area contributed by atoms with Gasteiger partial charge in [-0.3, -0.25) is 4.79 Å². The van der Waals surface area contributed by atoms with E-state index in [1.807, 2.05) is 69.3 Å². The topological polar surface area (TPSA) is 55.6 Å². The van der Waals surface area contributed by atoms with Crippen LogP contribution in [-0.4, -0.2) is 23.8 Å². The standard InChI is InChI=1S/C22H23N3O2/c1-15-7-5-6-8-21(15)22(26)24-23-14-18-13-16(2)25(17(18)3)19-9-11-20(27-4)12-10-19/h5-14H,1-4H3,(H,24,26)/b23-14-. The number of hydrogen-bond donors (Lipinski definition) is 1. The lowest BCUT2D eigenvalue weighted by atomic mass is 10.1. The molecule has 2 aromatic carbocycles. The quantitative estimate of drug-likeness (QED) is 0.548. The molecule has 0 bridgehead atoms. The lowest BCUT2D eigenvalue weighted by Crippen LogP contribution is -2.18. The maximum absolute atomic E-state index is 12.3. The molecule has 0 aliphatic rings. The van der Waals surface area contributed by atoms with Gasteiger partial charge >= 0.3 is 0 Å². The van der Waals surface area contributed by atoms with Crippen LogP contribution in [0.5, 0.6) is 5.75 Å². The number of methoxy groups -OCH3 is 1. The molecule has 0 radical (unpaired) electrons. The van der Waals surface area contributed by atoms with Crippen LogP contribution >= 0.6 is 0 Å². The maximum atomic E-state index is 12.3. The van der Waals surface area contributed by atoms with E-state index in [4.69, 9.17) is 4.74 Å². The molecule has 0 unspecified atom stereocenters. The number of hydrogen-bond acceptors (Lipinski definition) is 3. The number of aryl methyl sites for hydroxylation is 2. The predicted octanol–water partition coefficient (Wildman–Crippen LogP) is 4.18. The number of aromatic nitrogens is 1. The Morgan fingerprint density at radius 3 is 2.44 bits per heavy atom. The highest BCUT2D eigenvalue weighted by Gasteiger charge is 2.10. The van der Waals surface area contributed by atoms with Gasteiger partial charge in [0.05, 0.1) is 13.3 Å². The van der Waals surface area contributed by atoms with E-state index in [1.165, 1.54) is 0 Å². The van der Waals surface area contributed by atoms with E-state index in [-0.39, 0.29) is 5.91 Å². The summed E-state index contributed by atoms with van der Waals surface area (Å²) < 4.78 is 7.36. The molecule has 0 spiro atoms. The van der Waals surface area contributed by atoms with Crippen LogP contribution in [0.2, 0.25) is 0 Å². The normalized spacial score (nSPS) is 11.0. The number of carbonyl (C=O) groups excluding carboxylic acids is 1. The number of nitrogens with zero attached hydrogens (tertiary/aromatic N) is 2. The predicted molar refractivity (Wildman–Crippen MR) is 108 cm³/mol. The van der Waals surface area contributed by atoms with Crippen molar-refractivity contribution < 1.29 is 9.53 Å². The zero-order valence-electron chi connectivity index (χ0n) is 16.0. The summed E-state index contributed by atoms with van der Waals surface area (Å²) in [5.74, 6) is 0.607. The molecule has 3 rings (SSSR count). The molecule has 0 aliphatic heterocycles. The first-order chi connectivity index (χ1) is 13.0. The lowest BCUT2D eigenvalue weighted by Gasteiger charge is -2.10. The Kier molecular flexibility index (Phi) is 5.41. The SMILES string of the molecule is COc1ccc(-n2c(C)cc(/C=N\NC(=O)c3ccccc3C)c2C)cc1. The van der Waals surface area contributed by atoms with Crippen LogP contribution in [0, 0.1) is 20.8 Å². The third-order valence-electron chi connectivity index (χ3n) is 4.56. The number of nitrogens with one attached hydrogen (secondary N) is 1. The molecule has 5 nitrogen and oxygen atoms in total. The van der Waals surface area contributed by atoms with Crippen molar-refractivity contribution in [3.63, 3.8) is 0 Å². The fourth-order valence-electron chi connectivity index (χ4n) is 3.10. The zero-order valence-corrected chi connectivity index (χ0v) is 16.0. The molecule has 0 saturated heterocycles. The first-order valence-corrected chi connectivity index (χ1v) is 8.73. The zero-order chi connectivity index (χ0) is 19.4. The molecule has 0 fully saturated rings. The first kappa shape index (κ1) is 18.5. The number of carbonyl (C=O) groups is 1. The van der Waals surface area contributed by atoms with E-state index in [9.17, 15) is 4.79 Å². The van der Waals surface area contributed by atoms with E-state index in [1.54, 1.807) is 19.4 Å². The van der Waals surface area contributed by atoms with Crippen LogP contribution in [0.15, 0.2) is 59.7 Å². The Balaban J connectivity index is 1.79. The minimum atomic E-state index is -0.215. The van der Waals surface area contributed by atoms with Crippen molar-refractivity contribution in [1.29, 1.82) is 0 Å². The summed E-state index contributed by atoms with van der Waals surface area (Å²) in [7, 11) is 1.65. The third kappa shape index (κ3) is 3.92. The molecule has 1 amide bonds. The maximum Gasteiger partial charge on any atom is 0.271 e. The van der Waals surface area contributed by atoms with Crippen LogP contribution in [0.4, 0.5) is 0 Å². The molecule has 5 heteroatoms. The summed E-state index contributed by atoms with van der Waals surface area (Å²) in [6.45, 7) is 5.98. The minimum absolute atomic E-state index is 0.215. The van der Waals surface area contributed by atoms with Gasteiger partial charge in [0.2, 0.25) is 0 Å². The third-order valence-corrected chi connectivity index (χ3v) is 4.56. The van der Waals surface area contributed by atoms with Crippen LogP contribution in [-0.2, 0) is 0 Å². The monoisotopic (exact) mass is 361 g/mol. The van der Waals surface area contributed by atoms with Crippen molar-refractivity contribution in [2.45, 2.75) is 20.8 Å². The fraction of sp³-hybridized carbons (Fsp3) is 0.182. The second kappa shape index (κ2) is 7.91. The van der Waals surface area contributed by atoms with Crippen LogP contribution in [0.1, 0.15) is 32.9 Å². The van der Waals surface area contributed by atoms with Crippen molar-refractivity contribution in [3.8, 4) is 11.4 Å². The van der Waals surface area contributed by atoms with Crippen molar-refractivity contribution in [1.82, 2.24) is 9.99 Å². The van der Waals surface area contributed by atoms with Crippen molar-refractivity contribution >= 4 is 12.1 Å². The summed E-state index contributed by atoms with van der Waals surface area (Å²) in [4.78, 5) is 12.3. The summed E-state index contributed by atoms with van der Waals surface area (Å²) in [6, 6.07) is 17.4. The summed E-state index contributed by atoms with van der Waals surface area (Å²) in [5, 5.41) is 4.14. The van der Waals surface area contributed by atoms with Crippen LogP contribution in [0.3, 0.4) is 0 Å². The number of benzene rings is 2. The van der Waals surface area contributed by atoms with Crippen molar-refractivity contribution in [3.05, 3.63) is 82.7 Å². The number of rotatable bonds is 5.